The van der Waals surface area contributed by atoms with Crippen LogP contribution in [0.1, 0.15) is 16.1 Å². The Hall–Kier alpha value is -1.21. The van der Waals surface area contributed by atoms with Crippen LogP contribution in [-0.4, -0.2) is 36.4 Å². The van der Waals surface area contributed by atoms with E-state index in [-0.39, 0.29) is 24.9 Å². The molecule has 2 N–H and O–H groups in total. The molecule has 2 heterocycles. The largest absolute Gasteiger partial charge is 0.386 e. The molecule has 1 aromatic carbocycles. The fourth-order valence-corrected chi connectivity index (χ4v) is 3.70. The number of halogens is 2. The van der Waals surface area contributed by atoms with Gasteiger partial charge in [-0.05, 0) is 18.2 Å². The second kappa shape index (κ2) is 5.53. The van der Waals surface area contributed by atoms with Crippen LogP contribution >= 0.6 is 22.9 Å². The van der Waals surface area contributed by atoms with Gasteiger partial charge in [0.1, 0.15) is 16.3 Å². The van der Waals surface area contributed by atoms with Gasteiger partial charge in [0.05, 0.1) is 11.6 Å². The minimum absolute atomic E-state index is 0.102. The van der Waals surface area contributed by atoms with Gasteiger partial charge in [0, 0.05) is 29.7 Å². The van der Waals surface area contributed by atoms with Crippen molar-refractivity contribution in [2.45, 2.75) is 12.0 Å². The molecule has 1 saturated heterocycles. The van der Waals surface area contributed by atoms with Crippen LogP contribution in [0.2, 0.25) is 5.02 Å². The molecule has 0 radical (unpaired) electrons. The van der Waals surface area contributed by atoms with Gasteiger partial charge in [-0.15, -0.1) is 11.3 Å². The number of hydrogen-bond acceptors (Lipinski definition) is 4. The molecule has 1 aromatic heterocycles. The zero-order chi connectivity index (χ0) is 15.0. The third kappa shape index (κ3) is 2.89. The number of aliphatic hydroxyl groups is 1. The predicted molar refractivity (Wildman–Crippen MR) is 79.5 cm³/mol. The smallest absolute Gasteiger partial charge is 0.263 e. The van der Waals surface area contributed by atoms with Crippen LogP contribution in [0.15, 0.2) is 18.2 Å². The van der Waals surface area contributed by atoms with Crippen molar-refractivity contribution >= 4 is 38.9 Å². The highest BCUT2D eigenvalue weighted by Gasteiger charge is 2.33. The number of carbonyl (C=O) groups excluding carboxylic acids is 1. The summed E-state index contributed by atoms with van der Waals surface area (Å²) in [5.74, 6) is -0.744. The summed E-state index contributed by atoms with van der Waals surface area (Å²) >= 11 is 7.31. The summed E-state index contributed by atoms with van der Waals surface area (Å²) in [5.41, 5.74) is -1.02. The number of hydrogen-bond donors (Lipinski definition) is 2. The lowest BCUT2D eigenvalue weighted by Gasteiger charge is -2.20. The molecule has 1 unspecified atom stereocenters. The Balaban J connectivity index is 1.79. The first-order valence-corrected chi connectivity index (χ1v) is 7.64. The molecule has 21 heavy (non-hydrogen) atoms. The molecule has 0 spiro atoms. The van der Waals surface area contributed by atoms with Crippen molar-refractivity contribution in [2.24, 2.45) is 0 Å². The van der Waals surface area contributed by atoms with Crippen molar-refractivity contribution in [2.75, 3.05) is 19.8 Å². The standard InChI is InChI=1S/C14H13ClFNO3S/c15-11-9-2-1-8(16)5-10(9)21-12(11)13(18)17-6-14(19)3-4-20-7-14/h1-2,5,19H,3-4,6-7H2,(H,17,18). The van der Waals surface area contributed by atoms with Crippen molar-refractivity contribution in [1.29, 1.82) is 0 Å². The predicted octanol–water partition coefficient (Wildman–Crippen LogP) is 2.58. The normalized spacial score (nSPS) is 21.9. The zero-order valence-corrected chi connectivity index (χ0v) is 12.6. The molecule has 0 saturated carbocycles. The summed E-state index contributed by atoms with van der Waals surface area (Å²) in [4.78, 5) is 12.5. The quantitative estimate of drug-likeness (QED) is 0.910. The summed E-state index contributed by atoms with van der Waals surface area (Å²) in [5, 5.41) is 13.7. The molecule has 1 fully saturated rings. The summed E-state index contributed by atoms with van der Waals surface area (Å²) in [6, 6.07) is 4.21. The molecule has 3 rings (SSSR count). The van der Waals surface area contributed by atoms with E-state index in [1.807, 2.05) is 0 Å². The van der Waals surface area contributed by atoms with E-state index in [1.54, 1.807) is 6.07 Å². The zero-order valence-electron chi connectivity index (χ0n) is 11.0. The third-order valence-corrected chi connectivity index (χ3v) is 5.11. The molecular weight excluding hydrogens is 317 g/mol. The van der Waals surface area contributed by atoms with Gasteiger partial charge in [0.15, 0.2) is 0 Å². The van der Waals surface area contributed by atoms with E-state index >= 15 is 0 Å². The first kappa shape index (κ1) is 14.7. The number of ether oxygens (including phenoxy) is 1. The van der Waals surface area contributed by atoms with Gasteiger partial charge in [-0.25, -0.2) is 4.39 Å². The van der Waals surface area contributed by atoms with Gasteiger partial charge in [-0.1, -0.05) is 11.6 Å². The lowest BCUT2D eigenvalue weighted by molar-refractivity contribution is 0.0265. The Morgan fingerprint density at radius 1 is 1.57 bits per heavy atom. The first-order chi connectivity index (χ1) is 9.98. The molecule has 7 heteroatoms. The van der Waals surface area contributed by atoms with Crippen molar-refractivity contribution in [3.05, 3.63) is 33.9 Å². The van der Waals surface area contributed by atoms with Crippen molar-refractivity contribution in [1.82, 2.24) is 5.32 Å². The molecule has 1 amide bonds. The Morgan fingerprint density at radius 3 is 3.10 bits per heavy atom. The maximum Gasteiger partial charge on any atom is 0.263 e. The van der Waals surface area contributed by atoms with E-state index in [2.05, 4.69) is 5.32 Å². The molecule has 112 valence electrons. The number of thiophene rings is 1. The van der Waals surface area contributed by atoms with Crippen LogP contribution in [0, 0.1) is 5.82 Å². The molecule has 1 aliphatic rings. The van der Waals surface area contributed by atoms with E-state index in [9.17, 15) is 14.3 Å². The lowest BCUT2D eigenvalue weighted by atomic mass is 10.0. The summed E-state index contributed by atoms with van der Waals surface area (Å²) in [7, 11) is 0. The maximum absolute atomic E-state index is 13.2. The first-order valence-electron chi connectivity index (χ1n) is 6.44. The monoisotopic (exact) mass is 329 g/mol. The van der Waals surface area contributed by atoms with E-state index in [1.165, 1.54) is 12.1 Å². The molecule has 1 aliphatic heterocycles. The Kier molecular flexibility index (Phi) is 3.88. The van der Waals surface area contributed by atoms with Crippen LogP contribution in [0.25, 0.3) is 10.1 Å². The highest BCUT2D eigenvalue weighted by atomic mass is 35.5. The fraction of sp³-hybridized carbons (Fsp3) is 0.357. The van der Waals surface area contributed by atoms with Crippen LogP contribution in [-0.2, 0) is 4.74 Å². The SMILES string of the molecule is O=C(NCC1(O)CCOC1)c1sc2cc(F)ccc2c1Cl. The Morgan fingerprint density at radius 2 is 2.38 bits per heavy atom. The van der Waals surface area contributed by atoms with Crippen molar-refractivity contribution < 1.29 is 19.0 Å². The molecule has 1 atom stereocenters. The van der Waals surface area contributed by atoms with Crippen LogP contribution in [0.5, 0.6) is 0 Å². The van der Waals surface area contributed by atoms with E-state index in [4.69, 9.17) is 16.3 Å². The molecule has 4 nitrogen and oxygen atoms in total. The topological polar surface area (TPSA) is 58.6 Å². The second-order valence-corrected chi connectivity index (χ2v) is 6.53. The van der Waals surface area contributed by atoms with Gasteiger partial charge in [-0.3, -0.25) is 4.79 Å². The van der Waals surface area contributed by atoms with Crippen molar-refractivity contribution in [3.8, 4) is 0 Å². The van der Waals surface area contributed by atoms with Crippen molar-refractivity contribution in [3.63, 3.8) is 0 Å². The van der Waals surface area contributed by atoms with Gasteiger partial charge in [0.25, 0.3) is 5.91 Å². The van der Waals surface area contributed by atoms with E-state index < -0.39 is 5.60 Å². The number of fused-ring (bicyclic) bond motifs is 1. The van der Waals surface area contributed by atoms with Gasteiger partial charge in [-0.2, -0.15) is 0 Å². The average molecular weight is 330 g/mol. The minimum atomic E-state index is -1.02. The summed E-state index contributed by atoms with van der Waals surface area (Å²) < 4.78 is 18.9. The number of nitrogens with one attached hydrogen (secondary N) is 1. The molecule has 0 aliphatic carbocycles. The minimum Gasteiger partial charge on any atom is -0.386 e. The average Bonchev–Trinajstić information content (AvgIpc) is 3.01. The Labute approximate surface area is 129 Å². The number of carbonyl (C=O) groups is 1. The van der Waals surface area contributed by atoms with Gasteiger partial charge in [0.2, 0.25) is 0 Å². The number of amides is 1. The van der Waals surface area contributed by atoms with Crippen LogP contribution < -0.4 is 5.32 Å². The molecule has 0 bridgehead atoms. The summed E-state index contributed by atoms with van der Waals surface area (Å²) in [6.45, 7) is 0.790. The molecule has 2 aromatic rings. The number of rotatable bonds is 3. The second-order valence-electron chi connectivity index (χ2n) is 5.10. The Bertz CT molecular complexity index is 697. The van der Waals surface area contributed by atoms with Gasteiger partial charge >= 0.3 is 0 Å². The van der Waals surface area contributed by atoms with Crippen LogP contribution in [0.4, 0.5) is 4.39 Å². The fourth-order valence-electron chi connectivity index (χ4n) is 2.25. The summed E-state index contributed by atoms with van der Waals surface area (Å²) in [6.07, 6.45) is 0.485. The van der Waals surface area contributed by atoms with E-state index in [0.717, 1.165) is 11.3 Å². The highest BCUT2D eigenvalue weighted by Crippen LogP contribution is 2.35. The third-order valence-electron chi connectivity index (χ3n) is 3.46. The molecular formula is C14H13ClFNO3S. The van der Waals surface area contributed by atoms with E-state index in [0.29, 0.717) is 33.0 Å². The maximum atomic E-state index is 13.2. The van der Waals surface area contributed by atoms with Crippen LogP contribution in [0.3, 0.4) is 0 Å². The lowest BCUT2D eigenvalue weighted by Crippen LogP contribution is -2.43. The van der Waals surface area contributed by atoms with Gasteiger partial charge < -0.3 is 15.2 Å². The highest BCUT2D eigenvalue weighted by molar-refractivity contribution is 7.21. The number of benzene rings is 1.